The summed E-state index contributed by atoms with van der Waals surface area (Å²) < 4.78 is 14.9. The Bertz CT molecular complexity index is 650. The van der Waals surface area contributed by atoms with E-state index in [-0.39, 0.29) is 11.4 Å². The molecule has 1 aromatic heterocycles. The fraction of sp³-hybridized carbons (Fsp3) is 0.267. The second kappa shape index (κ2) is 7.83. The van der Waals surface area contributed by atoms with E-state index in [9.17, 15) is 9.59 Å². The Morgan fingerprint density at radius 2 is 2.04 bits per heavy atom. The zero-order chi connectivity index (χ0) is 16.7. The molecule has 0 aliphatic rings. The quantitative estimate of drug-likeness (QED) is 0.575. The smallest absolute Gasteiger partial charge is 0.346 e. The Morgan fingerprint density at radius 1 is 1.30 bits per heavy atom. The van der Waals surface area contributed by atoms with Crippen LogP contribution in [0.2, 0.25) is 0 Å². The second-order valence-corrected chi connectivity index (χ2v) is 4.59. The van der Waals surface area contributed by atoms with Crippen LogP contribution in [0.1, 0.15) is 16.1 Å². The number of hydrogen-bond acceptors (Lipinski definition) is 7. The van der Waals surface area contributed by atoms with E-state index >= 15 is 0 Å². The summed E-state index contributed by atoms with van der Waals surface area (Å²) in [4.78, 5) is 23.3. The maximum Gasteiger partial charge on any atom is 0.346 e. The third-order valence-electron chi connectivity index (χ3n) is 2.86. The molecule has 0 radical (unpaired) electrons. The Hall–Kier alpha value is -3.03. The predicted octanol–water partition coefficient (Wildman–Crippen LogP) is 0.917. The van der Waals surface area contributed by atoms with Crippen LogP contribution in [0.4, 0.5) is 5.88 Å². The summed E-state index contributed by atoms with van der Waals surface area (Å²) in [7, 11) is 0. The highest BCUT2D eigenvalue weighted by Crippen LogP contribution is 2.16. The largest absolute Gasteiger partial charge is 0.492 e. The predicted molar refractivity (Wildman–Crippen MR) is 80.9 cm³/mol. The van der Waals surface area contributed by atoms with E-state index < -0.39 is 18.5 Å². The molecule has 0 aliphatic carbocycles. The van der Waals surface area contributed by atoms with Gasteiger partial charge in [0.1, 0.15) is 17.9 Å². The summed E-state index contributed by atoms with van der Waals surface area (Å²) in [6, 6.07) is 9.22. The van der Waals surface area contributed by atoms with Gasteiger partial charge in [-0.3, -0.25) is 4.79 Å². The molecule has 0 bridgehead atoms. The van der Waals surface area contributed by atoms with Crippen LogP contribution in [0, 0.1) is 6.92 Å². The van der Waals surface area contributed by atoms with Gasteiger partial charge in [-0.2, -0.15) is 0 Å². The lowest BCUT2D eigenvalue weighted by Crippen LogP contribution is -2.32. The molecule has 2 aromatic rings. The SMILES string of the molecule is Cc1noc(N)c1C(=O)OCC(=O)NCCOc1ccccc1. The molecule has 1 amide bonds. The third-order valence-corrected chi connectivity index (χ3v) is 2.86. The van der Waals surface area contributed by atoms with Crippen molar-refractivity contribution < 1.29 is 23.6 Å². The second-order valence-electron chi connectivity index (χ2n) is 4.59. The number of carbonyl (C=O) groups is 2. The van der Waals surface area contributed by atoms with E-state index in [2.05, 4.69) is 15.0 Å². The van der Waals surface area contributed by atoms with Gasteiger partial charge in [0.05, 0.1) is 12.2 Å². The lowest BCUT2D eigenvalue weighted by atomic mass is 10.2. The number of nitrogens with one attached hydrogen (secondary N) is 1. The summed E-state index contributed by atoms with van der Waals surface area (Å²) in [5.41, 5.74) is 5.80. The molecular weight excluding hydrogens is 302 g/mol. The van der Waals surface area contributed by atoms with Crippen LogP contribution >= 0.6 is 0 Å². The first-order chi connectivity index (χ1) is 11.1. The third kappa shape index (κ3) is 4.73. The summed E-state index contributed by atoms with van der Waals surface area (Å²) in [6.45, 7) is 1.73. The first-order valence-corrected chi connectivity index (χ1v) is 6.91. The number of para-hydroxylation sites is 1. The minimum Gasteiger partial charge on any atom is -0.492 e. The number of aryl methyl sites for hydroxylation is 1. The Balaban J connectivity index is 1.66. The lowest BCUT2D eigenvalue weighted by Gasteiger charge is -2.08. The maximum absolute atomic E-state index is 11.8. The monoisotopic (exact) mass is 319 g/mol. The molecule has 3 N–H and O–H groups in total. The van der Waals surface area contributed by atoms with Crippen molar-refractivity contribution in [2.45, 2.75) is 6.92 Å². The summed E-state index contributed by atoms with van der Waals surface area (Å²) in [6.07, 6.45) is 0. The topological polar surface area (TPSA) is 117 Å². The number of nitrogens with zero attached hydrogens (tertiary/aromatic N) is 1. The number of carbonyl (C=O) groups excluding carboxylic acids is 2. The summed E-state index contributed by atoms with van der Waals surface area (Å²) in [5, 5.41) is 6.11. The van der Waals surface area contributed by atoms with Gasteiger partial charge in [0.25, 0.3) is 5.91 Å². The minimum absolute atomic E-state index is 0.0326. The van der Waals surface area contributed by atoms with Crippen molar-refractivity contribution in [2.24, 2.45) is 0 Å². The highest BCUT2D eigenvalue weighted by molar-refractivity contribution is 5.96. The van der Waals surface area contributed by atoms with E-state index in [0.29, 0.717) is 24.6 Å². The highest BCUT2D eigenvalue weighted by atomic mass is 16.5. The van der Waals surface area contributed by atoms with Crippen LogP contribution < -0.4 is 15.8 Å². The number of ether oxygens (including phenoxy) is 2. The van der Waals surface area contributed by atoms with Crippen LogP contribution in [-0.4, -0.2) is 36.8 Å². The van der Waals surface area contributed by atoms with Crippen LogP contribution in [0.25, 0.3) is 0 Å². The molecule has 8 nitrogen and oxygen atoms in total. The van der Waals surface area contributed by atoms with Crippen molar-refractivity contribution in [1.82, 2.24) is 10.5 Å². The highest BCUT2D eigenvalue weighted by Gasteiger charge is 2.20. The molecule has 0 fully saturated rings. The van der Waals surface area contributed by atoms with Crippen LogP contribution in [-0.2, 0) is 9.53 Å². The zero-order valence-corrected chi connectivity index (χ0v) is 12.6. The van der Waals surface area contributed by atoms with Gasteiger partial charge in [0.2, 0.25) is 5.88 Å². The first-order valence-electron chi connectivity index (χ1n) is 6.91. The van der Waals surface area contributed by atoms with Gasteiger partial charge in [0, 0.05) is 0 Å². The van der Waals surface area contributed by atoms with E-state index in [1.54, 1.807) is 6.92 Å². The van der Waals surface area contributed by atoms with E-state index in [1.165, 1.54) is 0 Å². The molecule has 1 aromatic carbocycles. The number of hydrogen-bond donors (Lipinski definition) is 2. The number of benzene rings is 1. The maximum atomic E-state index is 11.8. The lowest BCUT2D eigenvalue weighted by molar-refractivity contribution is -0.124. The zero-order valence-electron chi connectivity index (χ0n) is 12.6. The van der Waals surface area contributed by atoms with Gasteiger partial charge < -0.3 is 25.0 Å². The fourth-order valence-corrected chi connectivity index (χ4v) is 1.77. The molecule has 0 unspecified atom stereocenters. The van der Waals surface area contributed by atoms with E-state index in [0.717, 1.165) is 0 Å². The average Bonchev–Trinajstić information content (AvgIpc) is 2.89. The molecule has 0 saturated heterocycles. The van der Waals surface area contributed by atoms with Crippen LogP contribution in [0.5, 0.6) is 5.75 Å². The molecule has 8 heteroatoms. The molecule has 0 saturated carbocycles. The summed E-state index contributed by atoms with van der Waals surface area (Å²) >= 11 is 0. The van der Waals surface area contributed by atoms with Gasteiger partial charge in [-0.05, 0) is 19.1 Å². The van der Waals surface area contributed by atoms with Gasteiger partial charge in [0.15, 0.2) is 6.61 Å². The number of rotatable bonds is 7. The molecule has 23 heavy (non-hydrogen) atoms. The molecule has 0 aliphatic heterocycles. The Morgan fingerprint density at radius 3 is 2.70 bits per heavy atom. The number of anilines is 1. The minimum atomic E-state index is -0.753. The number of nitrogen functional groups attached to an aromatic ring is 1. The normalized spacial score (nSPS) is 10.1. The molecule has 0 atom stereocenters. The van der Waals surface area contributed by atoms with E-state index in [4.69, 9.17) is 15.2 Å². The average molecular weight is 319 g/mol. The standard InChI is InChI=1S/C15H17N3O5/c1-10-13(14(16)23-18-10)15(20)22-9-12(19)17-7-8-21-11-5-3-2-4-6-11/h2-6H,7-9,16H2,1H3,(H,17,19). The van der Waals surface area contributed by atoms with Crippen LogP contribution in [0.3, 0.4) is 0 Å². The number of esters is 1. The van der Waals surface area contributed by atoms with Gasteiger partial charge in [-0.15, -0.1) is 0 Å². The van der Waals surface area contributed by atoms with Crippen molar-refractivity contribution in [3.8, 4) is 5.75 Å². The molecule has 2 rings (SSSR count). The van der Waals surface area contributed by atoms with Gasteiger partial charge in [-0.25, -0.2) is 4.79 Å². The molecular formula is C15H17N3O5. The summed E-state index contributed by atoms with van der Waals surface area (Å²) in [5.74, 6) is -0.615. The van der Waals surface area contributed by atoms with Gasteiger partial charge in [-0.1, -0.05) is 23.4 Å². The number of nitrogens with two attached hydrogens (primary N) is 1. The van der Waals surface area contributed by atoms with Crippen molar-refractivity contribution in [3.05, 3.63) is 41.6 Å². The molecule has 0 spiro atoms. The Kier molecular flexibility index (Phi) is 5.56. The van der Waals surface area contributed by atoms with Crippen molar-refractivity contribution >= 4 is 17.8 Å². The first kappa shape index (κ1) is 16.3. The van der Waals surface area contributed by atoms with Crippen molar-refractivity contribution in [3.63, 3.8) is 0 Å². The molecule has 1 heterocycles. The number of amides is 1. The Labute approximate surface area is 132 Å². The van der Waals surface area contributed by atoms with Gasteiger partial charge >= 0.3 is 5.97 Å². The van der Waals surface area contributed by atoms with Crippen molar-refractivity contribution in [2.75, 3.05) is 25.5 Å². The van der Waals surface area contributed by atoms with E-state index in [1.807, 2.05) is 30.3 Å². The van der Waals surface area contributed by atoms with Crippen LogP contribution in [0.15, 0.2) is 34.9 Å². The van der Waals surface area contributed by atoms with Crippen molar-refractivity contribution in [1.29, 1.82) is 0 Å². The number of aromatic nitrogens is 1. The fourth-order valence-electron chi connectivity index (χ4n) is 1.77. The molecule has 122 valence electrons.